The average molecular weight is 640 g/mol. The van der Waals surface area contributed by atoms with Crippen LogP contribution in [0.1, 0.15) is 23.0 Å². The number of benzene rings is 1. The van der Waals surface area contributed by atoms with Crippen LogP contribution in [0, 0.1) is 5.82 Å². The Morgan fingerprint density at radius 1 is 1.46 bits per heavy atom. The van der Waals surface area contributed by atoms with E-state index in [2.05, 4.69) is 15.3 Å². The fourth-order valence-electron chi connectivity index (χ4n) is 4.46. The molecule has 2 bridgehead atoms. The van der Waals surface area contributed by atoms with Gasteiger partial charge in [0, 0.05) is 0 Å². The minimum absolute atomic E-state index is 0.0398. The van der Waals surface area contributed by atoms with Gasteiger partial charge in [0.2, 0.25) is 0 Å². The second-order valence-corrected chi connectivity index (χ2v) is 12.1. The van der Waals surface area contributed by atoms with E-state index in [1.807, 2.05) is 0 Å². The van der Waals surface area contributed by atoms with Gasteiger partial charge in [-0.3, -0.25) is 0 Å². The molecule has 0 amide bonds. The molecule has 1 N–H and O–H groups in total. The summed E-state index contributed by atoms with van der Waals surface area (Å²) in [6, 6.07) is 2.40. The van der Waals surface area contributed by atoms with Crippen LogP contribution in [-0.4, -0.2) is 62.6 Å². The molecule has 3 atom stereocenters. The molecular formula is C22H20ClF3IN4O3S-. The molecule has 2 fully saturated rings. The third-order valence-corrected chi connectivity index (χ3v) is 10.3. The van der Waals surface area contributed by atoms with Gasteiger partial charge in [0.25, 0.3) is 0 Å². The van der Waals surface area contributed by atoms with Gasteiger partial charge in [-0.2, -0.15) is 0 Å². The zero-order valence-corrected chi connectivity index (χ0v) is 22.0. The van der Waals surface area contributed by atoms with Gasteiger partial charge in [-0.15, -0.1) is 0 Å². The van der Waals surface area contributed by atoms with Crippen molar-refractivity contribution < 1.29 is 48.6 Å². The molecule has 2 saturated heterocycles. The number of amidine groups is 1. The number of ether oxygens (including phenoxy) is 2. The summed E-state index contributed by atoms with van der Waals surface area (Å²) in [5.41, 5.74) is 0.898. The molecule has 2 aromatic rings. The van der Waals surface area contributed by atoms with Crippen molar-refractivity contribution in [2.45, 2.75) is 28.5 Å². The summed E-state index contributed by atoms with van der Waals surface area (Å²) >= 11 is 6.73. The molecule has 35 heavy (non-hydrogen) atoms. The number of rotatable bonds is 5. The summed E-state index contributed by atoms with van der Waals surface area (Å²) in [6.45, 7) is 0.242. The normalized spacial score (nSPS) is 26.4. The minimum atomic E-state index is -2.83. The third kappa shape index (κ3) is 4.82. The van der Waals surface area contributed by atoms with Gasteiger partial charge < -0.3 is 0 Å². The van der Waals surface area contributed by atoms with E-state index in [1.54, 1.807) is 16.5 Å². The molecule has 7 nitrogen and oxygen atoms in total. The number of thiazole rings is 1. The van der Waals surface area contributed by atoms with E-state index in [0.29, 0.717) is 26.7 Å². The van der Waals surface area contributed by atoms with Crippen LogP contribution in [0.3, 0.4) is 0 Å². The van der Waals surface area contributed by atoms with Crippen molar-refractivity contribution in [2.75, 3.05) is 24.9 Å². The maximum atomic E-state index is 14.9. The molecule has 0 saturated carbocycles. The van der Waals surface area contributed by atoms with Crippen molar-refractivity contribution >= 4 is 34.7 Å². The summed E-state index contributed by atoms with van der Waals surface area (Å²) in [5, 5.41) is 5.57. The van der Waals surface area contributed by atoms with Gasteiger partial charge in [-0.05, 0) is 0 Å². The molecule has 5 rings (SSSR count). The summed E-state index contributed by atoms with van der Waals surface area (Å²) < 4.78 is 53.6. The van der Waals surface area contributed by atoms with Crippen LogP contribution in [0.15, 0.2) is 46.0 Å². The van der Waals surface area contributed by atoms with Gasteiger partial charge in [0.1, 0.15) is 0 Å². The standard InChI is InChI=1S/C22H20ClF3IN4O3S/c1-33-20(32)16-15(8-31-12-7-22(25,26)21(31)27-10-34-9-12)29-18(19-28-4-5-35-19)30-17(16)13-3-2-11(24)6-14(13)23/h2-6,12,17,21H,7-10H2,1H3,(H,29,30)/q-1/t12?,17-,21?/m0/s1. The van der Waals surface area contributed by atoms with Crippen molar-refractivity contribution in [3.05, 3.63) is 62.5 Å². The number of carbonyl (C=O) groups excluding carboxylic acids is 1. The van der Waals surface area contributed by atoms with E-state index in [9.17, 15) is 18.0 Å². The number of aliphatic imine (C=N–C) groups is 1. The summed E-state index contributed by atoms with van der Waals surface area (Å²) in [6.07, 6.45) is 1.32. The Bertz CT molecular complexity index is 1200. The third-order valence-electron chi connectivity index (χ3n) is 5.98. The molecule has 0 spiro atoms. The number of methoxy groups -OCH3 is 1. The summed E-state index contributed by atoms with van der Waals surface area (Å²) in [7, 11) is 1.24. The van der Waals surface area contributed by atoms with Crippen molar-refractivity contribution in [3.63, 3.8) is 0 Å². The predicted molar refractivity (Wildman–Crippen MR) is 120 cm³/mol. The SMILES string of the molecule is COC(=O)C1=C(CN2C3COC[I-]C2C(F)(F)C3)NC(c2nccs2)=N[C@H]1c1ccc(F)cc1Cl. The fraction of sp³-hybridized carbons (Fsp3) is 0.409. The Labute approximate surface area is 218 Å². The topological polar surface area (TPSA) is 76.0 Å². The summed E-state index contributed by atoms with van der Waals surface area (Å²) in [4.78, 5) is 23.8. The fourth-order valence-corrected chi connectivity index (χ4v) is 8.22. The number of hydrogen-bond acceptors (Lipinski definition) is 8. The van der Waals surface area contributed by atoms with Crippen molar-refractivity contribution in [1.82, 2.24) is 15.2 Å². The first kappa shape index (κ1) is 24.9. The molecular weight excluding hydrogens is 620 g/mol. The number of halogens is 5. The van der Waals surface area contributed by atoms with Crippen molar-refractivity contribution in [1.29, 1.82) is 0 Å². The number of esters is 1. The number of fused-ring (bicyclic) bond motifs is 2. The van der Waals surface area contributed by atoms with E-state index in [-0.39, 0.29) is 30.2 Å². The van der Waals surface area contributed by atoms with Crippen molar-refractivity contribution in [2.24, 2.45) is 4.99 Å². The first-order chi connectivity index (χ1) is 16.8. The Hall–Kier alpha value is -1.74. The Morgan fingerprint density at radius 2 is 2.29 bits per heavy atom. The van der Waals surface area contributed by atoms with Crippen LogP contribution in [0.5, 0.6) is 0 Å². The van der Waals surface area contributed by atoms with Crippen LogP contribution in [0.4, 0.5) is 13.2 Å². The van der Waals surface area contributed by atoms with E-state index in [0.717, 1.165) is 6.07 Å². The quantitative estimate of drug-likeness (QED) is 0.223. The Balaban J connectivity index is 1.62. The number of aromatic nitrogens is 1. The maximum absolute atomic E-state index is 14.9. The first-order valence-corrected chi connectivity index (χ1v) is 14.6. The van der Waals surface area contributed by atoms with Crippen LogP contribution in [0.2, 0.25) is 5.02 Å². The molecule has 2 unspecified atom stereocenters. The van der Waals surface area contributed by atoms with Gasteiger partial charge in [-0.1, -0.05) is 0 Å². The van der Waals surface area contributed by atoms with Crippen molar-refractivity contribution in [3.8, 4) is 0 Å². The second kappa shape index (κ2) is 9.96. The van der Waals surface area contributed by atoms with Crippen LogP contribution < -0.4 is 26.5 Å². The molecule has 188 valence electrons. The van der Waals surface area contributed by atoms with Crippen LogP contribution >= 0.6 is 22.9 Å². The van der Waals surface area contributed by atoms with Gasteiger partial charge >= 0.3 is 219 Å². The van der Waals surface area contributed by atoms with Gasteiger partial charge in [0.05, 0.1) is 0 Å². The first-order valence-electron chi connectivity index (χ1n) is 10.6. The molecule has 3 aliphatic heterocycles. The van der Waals surface area contributed by atoms with Gasteiger partial charge in [-0.25, -0.2) is 0 Å². The molecule has 1 aromatic heterocycles. The zero-order chi connectivity index (χ0) is 24.7. The molecule has 0 aliphatic carbocycles. The molecule has 1 aromatic carbocycles. The van der Waals surface area contributed by atoms with Crippen LogP contribution in [-0.2, 0) is 14.3 Å². The molecule has 13 heteroatoms. The monoisotopic (exact) mass is 639 g/mol. The number of nitrogens with zero attached hydrogens (tertiary/aromatic N) is 3. The van der Waals surface area contributed by atoms with E-state index >= 15 is 0 Å². The van der Waals surface area contributed by atoms with Gasteiger partial charge in [0.15, 0.2) is 0 Å². The number of alkyl halides is 4. The summed E-state index contributed by atoms with van der Waals surface area (Å²) in [5.74, 6) is -3.67. The average Bonchev–Trinajstić information content (AvgIpc) is 3.37. The predicted octanol–water partition coefficient (Wildman–Crippen LogP) is 0.566. The molecule has 0 radical (unpaired) electrons. The Morgan fingerprint density at radius 3 is 3.00 bits per heavy atom. The number of hydrogen-bond donors (Lipinski definition) is 1. The molecule has 4 heterocycles. The van der Waals surface area contributed by atoms with Crippen LogP contribution in [0.25, 0.3) is 0 Å². The van der Waals surface area contributed by atoms with E-state index in [4.69, 9.17) is 21.1 Å². The molecule has 3 aliphatic rings. The second-order valence-electron chi connectivity index (χ2n) is 8.15. The zero-order valence-electron chi connectivity index (χ0n) is 18.3. The van der Waals surface area contributed by atoms with E-state index < -0.39 is 55.0 Å². The Kier molecular flexibility index (Phi) is 7.09. The van der Waals surface area contributed by atoms with E-state index in [1.165, 1.54) is 30.6 Å². The number of carbonyl (C=O) groups is 1. The number of nitrogens with one attached hydrogen (secondary N) is 1.